The maximum Gasteiger partial charge on any atom is 0.306 e. The molecule has 0 aromatic heterocycles. The molecular formula is C48H72N2O5. The summed E-state index contributed by atoms with van der Waals surface area (Å²) >= 11 is 0. The third-order valence-corrected chi connectivity index (χ3v) is 18.0. The van der Waals surface area contributed by atoms with E-state index in [4.69, 9.17) is 4.74 Å². The van der Waals surface area contributed by atoms with Gasteiger partial charge in [-0.3, -0.25) is 14.4 Å². The molecule has 1 saturated heterocycles. The fourth-order valence-electron chi connectivity index (χ4n) is 15.1. The first-order valence-corrected chi connectivity index (χ1v) is 21.9. The predicted molar refractivity (Wildman–Crippen MR) is 219 cm³/mol. The van der Waals surface area contributed by atoms with Gasteiger partial charge in [0.15, 0.2) is 0 Å². The lowest BCUT2D eigenvalue weighted by molar-refractivity contribution is -0.250. The summed E-state index contributed by atoms with van der Waals surface area (Å²) in [5, 5.41) is 9.37. The van der Waals surface area contributed by atoms with Crippen LogP contribution in [0.25, 0.3) is 0 Å². The number of hydrogen-bond donors (Lipinski definition) is 1. The lowest BCUT2D eigenvalue weighted by Gasteiger charge is -2.73. The van der Waals surface area contributed by atoms with Crippen molar-refractivity contribution >= 4 is 23.5 Å². The van der Waals surface area contributed by atoms with Gasteiger partial charge in [0.25, 0.3) is 0 Å². The molecule has 1 amide bonds. The third kappa shape index (κ3) is 6.77. The van der Waals surface area contributed by atoms with Crippen molar-refractivity contribution in [3.05, 3.63) is 42.5 Å². The second-order valence-electron chi connectivity index (χ2n) is 21.7. The van der Waals surface area contributed by atoms with E-state index >= 15 is 0 Å². The third-order valence-electron chi connectivity index (χ3n) is 18.0. The minimum Gasteiger partial charge on any atom is -0.481 e. The fraction of sp³-hybridized carbons (Fsp3) is 0.771. The van der Waals surface area contributed by atoms with Crippen LogP contribution >= 0.6 is 0 Å². The Morgan fingerprint density at radius 1 is 0.818 bits per heavy atom. The number of piperazine rings is 1. The lowest BCUT2D eigenvalue weighted by Crippen LogP contribution is -2.67. The molecular weight excluding hydrogens is 685 g/mol. The number of ether oxygens (including phenoxy) is 1. The number of allylic oxidation sites excluding steroid dienone is 1. The molecule has 0 spiro atoms. The van der Waals surface area contributed by atoms with Crippen molar-refractivity contribution in [2.45, 2.75) is 145 Å². The Morgan fingerprint density at radius 2 is 1.51 bits per heavy atom. The molecule has 1 N–H and O–H groups in total. The summed E-state index contributed by atoms with van der Waals surface area (Å²) in [6, 6.07) is 10.6. The SMILES string of the molecule is C=C(C)[C@@H]1CC[C@]2(CC(=O)N3CCN(c4ccccc4)CC3)CC[C@]3(C)[C@H](CC[C@@H]4[C@@]5(C)CC[C@H](OC(=O)CC(C)(C)CC(=O)O)C(C)(C)[C@@H]5CC[C@]43C)[C@@H]12. The largest absolute Gasteiger partial charge is 0.481 e. The van der Waals surface area contributed by atoms with Crippen LogP contribution in [0.2, 0.25) is 0 Å². The molecule has 304 valence electrons. The summed E-state index contributed by atoms with van der Waals surface area (Å²) < 4.78 is 6.31. The highest BCUT2D eigenvalue weighted by Gasteiger charge is 2.71. The number of benzene rings is 1. The number of carbonyl (C=O) groups is 3. The van der Waals surface area contributed by atoms with Crippen LogP contribution in [0.3, 0.4) is 0 Å². The highest BCUT2D eigenvalue weighted by molar-refractivity contribution is 5.77. The van der Waals surface area contributed by atoms with Crippen LogP contribution in [0.4, 0.5) is 5.69 Å². The van der Waals surface area contributed by atoms with Crippen LogP contribution in [-0.4, -0.2) is 60.1 Å². The number of hydrogen-bond acceptors (Lipinski definition) is 5. The zero-order valence-corrected chi connectivity index (χ0v) is 35.6. The Hall–Kier alpha value is -2.83. The second kappa shape index (κ2) is 14.2. The molecule has 7 nitrogen and oxygen atoms in total. The molecule has 5 aliphatic carbocycles. The number of nitrogens with zero attached hydrogens (tertiary/aromatic N) is 2. The van der Waals surface area contributed by atoms with Crippen LogP contribution in [0, 0.1) is 62.1 Å². The zero-order valence-electron chi connectivity index (χ0n) is 35.6. The predicted octanol–water partition coefficient (Wildman–Crippen LogP) is 10.2. The maximum absolute atomic E-state index is 14.3. The van der Waals surface area contributed by atoms with E-state index in [9.17, 15) is 19.5 Å². The minimum atomic E-state index is -0.881. The number of carbonyl (C=O) groups excluding carboxylic acids is 2. The average Bonchev–Trinajstić information content (AvgIpc) is 3.49. The number of esters is 1. The van der Waals surface area contributed by atoms with Crippen LogP contribution in [-0.2, 0) is 19.1 Å². The van der Waals surface area contributed by atoms with E-state index < -0.39 is 11.4 Å². The molecule has 1 aliphatic heterocycles. The first kappa shape index (κ1) is 40.4. The highest BCUT2D eigenvalue weighted by atomic mass is 16.5. The second-order valence-corrected chi connectivity index (χ2v) is 21.7. The summed E-state index contributed by atoms with van der Waals surface area (Å²) in [6.45, 7) is 26.6. The number of carboxylic acid groups (broad SMARTS) is 1. The number of anilines is 1. The van der Waals surface area contributed by atoms with Crippen molar-refractivity contribution in [3.8, 4) is 0 Å². The Morgan fingerprint density at radius 3 is 2.16 bits per heavy atom. The van der Waals surface area contributed by atoms with E-state index in [2.05, 4.69) is 88.3 Å². The van der Waals surface area contributed by atoms with Gasteiger partial charge < -0.3 is 19.6 Å². The topological polar surface area (TPSA) is 87.2 Å². The van der Waals surface area contributed by atoms with Crippen LogP contribution < -0.4 is 4.90 Å². The van der Waals surface area contributed by atoms with Gasteiger partial charge in [0.05, 0.1) is 12.8 Å². The van der Waals surface area contributed by atoms with Gasteiger partial charge in [-0.1, -0.05) is 78.8 Å². The van der Waals surface area contributed by atoms with Gasteiger partial charge in [-0.15, -0.1) is 0 Å². The molecule has 55 heavy (non-hydrogen) atoms. The summed E-state index contributed by atoms with van der Waals surface area (Å²) in [4.78, 5) is 43.7. The quantitative estimate of drug-likeness (QED) is 0.199. The normalized spacial score (nSPS) is 39.6. The minimum absolute atomic E-state index is 0.0469. The first-order chi connectivity index (χ1) is 25.8. The summed E-state index contributed by atoms with van der Waals surface area (Å²) in [7, 11) is 0. The number of para-hydroxylation sites is 1. The van der Waals surface area contributed by atoms with E-state index in [-0.39, 0.29) is 52.0 Å². The average molecular weight is 757 g/mol. The van der Waals surface area contributed by atoms with Crippen LogP contribution in [0.5, 0.6) is 0 Å². The zero-order chi connectivity index (χ0) is 39.8. The Balaban J connectivity index is 1.08. The van der Waals surface area contributed by atoms with Gasteiger partial charge in [0.1, 0.15) is 6.10 Å². The molecule has 0 unspecified atom stereocenters. The van der Waals surface area contributed by atoms with Crippen molar-refractivity contribution < 1.29 is 24.2 Å². The Kier molecular flexibility index (Phi) is 10.4. The molecule has 0 bridgehead atoms. The number of carboxylic acids is 1. The van der Waals surface area contributed by atoms with E-state index in [0.29, 0.717) is 41.9 Å². The van der Waals surface area contributed by atoms with E-state index in [1.165, 1.54) is 43.4 Å². The molecule has 1 aromatic carbocycles. The summed E-state index contributed by atoms with van der Waals surface area (Å²) in [5.41, 5.74) is 2.40. The molecule has 6 aliphatic rings. The highest BCUT2D eigenvalue weighted by Crippen LogP contribution is 2.78. The molecule has 1 aromatic rings. The van der Waals surface area contributed by atoms with Crippen LogP contribution in [0.1, 0.15) is 139 Å². The van der Waals surface area contributed by atoms with Gasteiger partial charge in [0.2, 0.25) is 5.91 Å². The maximum atomic E-state index is 14.3. The van der Waals surface area contributed by atoms with Crippen molar-refractivity contribution in [1.29, 1.82) is 0 Å². The van der Waals surface area contributed by atoms with Crippen molar-refractivity contribution in [3.63, 3.8) is 0 Å². The van der Waals surface area contributed by atoms with Crippen molar-refractivity contribution in [2.75, 3.05) is 31.1 Å². The molecule has 0 radical (unpaired) electrons. The standard InChI is InChI=1S/C48H72N2O5/c1-32(2)34-17-22-48(29-39(51)50-27-25-49(26-28-50)33-13-11-10-12-14-33)24-23-46(8)35(42(34)48)15-16-37-45(7)20-19-38(44(5,6)36(45)18-21-47(37,46)9)55-41(54)31-43(3,4)30-40(52)53/h10-14,34-38,42H,1,15-31H2,2-9H3,(H,52,53)/t34-,35+,36-,37+,38-,42+,45-,46+,47+,48+/m0/s1. The number of amides is 1. The smallest absolute Gasteiger partial charge is 0.306 e. The molecule has 7 rings (SSSR count). The van der Waals surface area contributed by atoms with Gasteiger partial charge in [-0.2, -0.15) is 0 Å². The van der Waals surface area contributed by atoms with Gasteiger partial charge in [-0.05, 0) is 140 Å². The molecule has 6 fully saturated rings. The van der Waals surface area contributed by atoms with Gasteiger partial charge in [-0.25, -0.2) is 0 Å². The van der Waals surface area contributed by atoms with E-state index in [1.807, 2.05) is 13.8 Å². The van der Waals surface area contributed by atoms with Crippen molar-refractivity contribution in [1.82, 2.24) is 4.90 Å². The Bertz CT molecular complexity index is 1650. The number of aliphatic carboxylic acids is 1. The van der Waals surface area contributed by atoms with Gasteiger partial charge >= 0.3 is 11.9 Å². The molecule has 1 heterocycles. The van der Waals surface area contributed by atoms with Crippen LogP contribution in [0.15, 0.2) is 42.5 Å². The van der Waals surface area contributed by atoms with Crippen molar-refractivity contribution in [2.24, 2.45) is 62.1 Å². The summed E-state index contributed by atoms with van der Waals surface area (Å²) in [5.74, 6) is 1.88. The lowest BCUT2D eigenvalue weighted by atomic mass is 9.32. The monoisotopic (exact) mass is 757 g/mol. The molecule has 5 saturated carbocycles. The van der Waals surface area contributed by atoms with E-state index in [1.54, 1.807) is 0 Å². The fourth-order valence-corrected chi connectivity index (χ4v) is 15.1. The molecule has 10 atom stereocenters. The summed E-state index contributed by atoms with van der Waals surface area (Å²) in [6.07, 6.45) is 12.0. The number of rotatable bonds is 9. The van der Waals surface area contributed by atoms with Gasteiger partial charge in [0, 0.05) is 43.7 Å². The Labute approximate surface area is 332 Å². The molecule has 7 heteroatoms. The van der Waals surface area contributed by atoms with E-state index in [0.717, 1.165) is 58.3 Å². The number of fused-ring (bicyclic) bond motifs is 7. The first-order valence-electron chi connectivity index (χ1n) is 21.9.